The largest absolute Gasteiger partial charge is 0.306 e. The third-order valence-corrected chi connectivity index (χ3v) is 13.0. The van der Waals surface area contributed by atoms with Crippen molar-refractivity contribution in [3.05, 3.63) is 180 Å². The molecule has 10 heteroatoms. The molecule has 0 N–H and O–H groups in total. The maximum atomic E-state index is 16.4. The van der Waals surface area contributed by atoms with Gasteiger partial charge in [0.25, 0.3) is 0 Å². The lowest BCUT2D eigenvalue weighted by molar-refractivity contribution is 0.585. The van der Waals surface area contributed by atoms with E-state index in [0.717, 1.165) is 54.7 Å². The van der Waals surface area contributed by atoms with Crippen molar-refractivity contribution in [1.29, 1.82) is 0 Å². The molecular formula is C50H24B2F6N2. The fraction of sp³-hybridized carbons (Fsp3) is 0. The number of benzene rings is 9. The van der Waals surface area contributed by atoms with E-state index in [4.69, 9.17) is 0 Å². The van der Waals surface area contributed by atoms with Crippen LogP contribution in [0.15, 0.2) is 146 Å². The Balaban J connectivity index is 1.31. The minimum absolute atomic E-state index is 0.139. The van der Waals surface area contributed by atoms with Crippen LogP contribution in [-0.2, 0) is 0 Å². The third-order valence-electron chi connectivity index (χ3n) is 13.0. The highest BCUT2D eigenvalue weighted by atomic mass is 19.2. The number of fused-ring (bicyclic) bond motifs is 6. The zero-order chi connectivity index (χ0) is 40.3. The van der Waals surface area contributed by atoms with Crippen LogP contribution in [0.3, 0.4) is 0 Å². The van der Waals surface area contributed by atoms with Crippen molar-refractivity contribution in [2.24, 2.45) is 0 Å². The lowest BCUT2D eigenvalue weighted by Crippen LogP contribution is -2.66. The lowest BCUT2D eigenvalue weighted by atomic mass is 9.26. The predicted octanol–water partition coefficient (Wildman–Crippen LogP) is 9.39. The number of hydrogen-bond donors (Lipinski definition) is 0. The molecule has 282 valence electrons. The van der Waals surface area contributed by atoms with Crippen LogP contribution in [0.4, 0.5) is 60.5 Å². The molecule has 0 bridgehead atoms. The summed E-state index contributed by atoms with van der Waals surface area (Å²) in [5.41, 5.74) is 7.97. The summed E-state index contributed by atoms with van der Waals surface area (Å²) in [6, 6.07) is 39.7. The molecule has 0 saturated heterocycles. The molecule has 13 rings (SSSR count). The van der Waals surface area contributed by atoms with Gasteiger partial charge in [0.15, 0.2) is 0 Å². The highest BCUT2D eigenvalue weighted by Crippen LogP contribution is 2.52. The van der Waals surface area contributed by atoms with Crippen LogP contribution >= 0.6 is 0 Å². The van der Waals surface area contributed by atoms with E-state index < -0.39 is 48.3 Å². The van der Waals surface area contributed by atoms with Crippen molar-refractivity contribution in [3.8, 4) is 22.3 Å². The van der Waals surface area contributed by atoms with Crippen molar-refractivity contribution < 1.29 is 26.3 Å². The molecule has 0 fully saturated rings. The molecule has 0 spiro atoms. The molecule has 60 heavy (non-hydrogen) atoms. The zero-order valence-corrected chi connectivity index (χ0v) is 31.2. The molecule has 9 aromatic carbocycles. The monoisotopic (exact) mass is 788 g/mol. The van der Waals surface area contributed by atoms with Gasteiger partial charge in [0, 0.05) is 28.3 Å². The fourth-order valence-corrected chi connectivity index (χ4v) is 11.0. The van der Waals surface area contributed by atoms with E-state index in [1.807, 2.05) is 91.0 Å². The minimum Gasteiger partial charge on any atom is -0.306 e. The summed E-state index contributed by atoms with van der Waals surface area (Å²) >= 11 is 0. The topological polar surface area (TPSA) is 6.48 Å². The first-order valence-electron chi connectivity index (χ1n) is 19.7. The normalized spacial score (nSPS) is 13.7. The first-order valence-corrected chi connectivity index (χ1v) is 19.7. The lowest BCUT2D eigenvalue weighted by Gasteiger charge is -2.47. The van der Waals surface area contributed by atoms with Gasteiger partial charge in [-0.1, -0.05) is 102 Å². The van der Waals surface area contributed by atoms with Gasteiger partial charge in [-0.05, 0) is 109 Å². The number of hydrogen-bond acceptors (Lipinski definition) is 2. The maximum absolute atomic E-state index is 16.4. The van der Waals surface area contributed by atoms with Gasteiger partial charge in [0.2, 0.25) is 13.4 Å². The number of nitrogens with zero attached hydrogens (tertiary/aromatic N) is 2. The van der Waals surface area contributed by atoms with Gasteiger partial charge in [-0.3, -0.25) is 0 Å². The van der Waals surface area contributed by atoms with Crippen molar-refractivity contribution in [2.45, 2.75) is 0 Å². The highest BCUT2D eigenvalue weighted by Gasteiger charge is 2.50. The zero-order valence-electron chi connectivity index (χ0n) is 31.2. The van der Waals surface area contributed by atoms with Gasteiger partial charge >= 0.3 is 0 Å². The Labute approximate surface area is 339 Å². The number of para-hydroxylation sites is 4. The van der Waals surface area contributed by atoms with Gasteiger partial charge in [-0.15, -0.1) is 0 Å². The van der Waals surface area contributed by atoms with Crippen LogP contribution in [0.25, 0.3) is 43.8 Å². The van der Waals surface area contributed by atoms with Crippen molar-refractivity contribution in [2.75, 3.05) is 9.80 Å². The van der Waals surface area contributed by atoms with E-state index in [0.29, 0.717) is 39.1 Å². The standard InChI is InChI=1S/C50H24B2F6N2/c53-31-16-7-17-32(54)44(31)41-25-10-5-14-29-42(25)45-43-26(41)11-6-15-30(43)52-28-13-2-4-23-38(28)60(50-35(57)20-9-21-36(50)58)40-24-39-47(46(45)48(40)52)51(29)27-12-1-3-22-37(27)59(39)49-33(55)18-8-19-34(49)56/h1-24H. The summed E-state index contributed by atoms with van der Waals surface area (Å²) in [7, 11) is 0. The molecule has 0 saturated carbocycles. The van der Waals surface area contributed by atoms with E-state index in [2.05, 4.69) is 0 Å². The Morgan fingerprint density at radius 3 is 1.15 bits per heavy atom. The first-order chi connectivity index (χ1) is 29.3. The first kappa shape index (κ1) is 33.7. The molecule has 0 amide bonds. The second-order valence-corrected chi connectivity index (χ2v) is 15.8. The molecular weight excluding hydrogens is 764 g/mol. The van der Waals surface area contributed by atoms with Gasteiger partial charge in [-0.25, -0.2) is 26.3 Å². The summed E-state index contributed by atoms with van der Waals surface area (Å²) in [5, 5.41) is 2.83. The summed E-state index contributed by atoms with van der Waals surface area (Å²) in [5.74, 6) is -4.54. The van der Waals surface area contributed by atoms with Crippen LogP contribution in [0.1, 0.15) is 0 Å². The molecule has 2 nitrogen and oxygen atoms in total. The fourth-order valence-electron chi connectivity index (χ4n) is 11.0. The molecule has 0 radical (unpaired) electrons. The van der Waals surface area contributed by atoms with Crippen LogP contribution in [0.2, 0.25) is 0 Å². The number of rotatable bonds is 3. The number of anilines is 6. The smallest absolute Gasteiger partial charge is 0.248 e. The van der Waals surface area contributed by atoms with Crippen LogP contribution < -0.4 is 42.6 Å². The second-order valence-electron chi connectivity index (χ2n) is 15.8. The quantitative estimate of drug-likeness (QED) is 0.100. The van der Waals surface area contributed by atoms with E-state index >= 15 is 26.3 Å². The Kier molecular flexibility index (Phi) is 6.59. The molecule has 9 aromatic rings. The Bertz CT molecular complexity index is 3210. The maximum Gasteiger partial charge on any atom is 0.248 e. The second kappa shape index (κ2) is 11.7. The highest BCUT2D eigenvalue weighted by molar-refractivity contribution is 7.05. The van der Waals surface area contributed by atoms with Crippen LogP contribution in [0, 0.1) is 34.9 Å². The molecule has 0 aromatic heterocycles. The summed E-state index contributed by atoms with van der Waals surface area (Å²) < 4.78 is 97.8. The average molecular weight is 788 g/mol. The molecule has 0 unspecified atom stereocenters. The molecule has 4 heterocycles. The van der Waals surface area contributed by atoms with Gasteiger partial charge in [0.1, 0.15) is 46.3 Å². The van der Waals surface area contributed by atoms with E-state index in [1.165, 1.54) is 54.6 Å². The minimum atomic E-state index is -0.787. The van der Waals surface area contributed by atoms with Crippen molar-refractivity contribution >= 4 is 102 Å². The molecule has 0 atom stereocenters. The summed E-state index contributed by atoms with van der Waals surface area (Å²) in [4.78, 5) is 3.19. The Morgan fingerprint density at radius 2 is 0.700 bits per heavy atom. The Hall–Kier alpha value is -7.19. The van der Waals surface area contributed by atoms with Crippen molar-refractivity contribution in [3.63, 3.8) is 0 Å². The van der Waals surface area contributed by atoms with Crippen molar-refractivity contribution in [1.82, 2.24) is 0 Å². The molecule has 4 aliphatic rings. The number of halogens is 6. The SMILES string of the molecule is Fc1cccc(F)c1-c1c2cccc3c2c2c4c(cccc14)B1c4ccccc4N(c4c(F)cccc4F)c4cc5c(c-2c41)B3c1ccccc1N5c1c(F)cccc1F. The summed E-state index contributed by atoms with van der Waals surface area (Å²) in [6.07, 6.45) is 0. The van der Waals surface area contributed by atoms with Gasteiger partial charge in [-0.2, -0.15) is 0 Å². The molecule has 0 aliphatic carbocycles. The van der Waals surface area contributed by atoms with Crippen LogP contribution in [0.5, 0.6) is 0 Å². The van der Waals surface area contributed by atoms with E-state index in [1.54, 1.807) is 9.80 Å². The molecule has 4 aliphatic heterocycles. The Morgan fingerprint density at radius 1 is 0.317 bits per heavy atom. The predicted molar refractivity (Wildman–Crippen MR) is 231 cm³/mol. The average Bonchev–Trinajstić information content (AvgIpc) is 3.25. The summed E-state index contributed by atoms with van der Waals surface area (Å²) in [6.45, 7) is -1.03. The third kappa shape index (κ3) is 4.03. The van der Waals surface area contributed by atoms with E-state index in [-0.39, 0.29) is 16.9 Å². The van der Waals surface area contributed by atoms with Gasteiger partial charge in [0.05, 0.1) is 5.56 Å². The van der Waals surface area contributed by atoms with E-state index in [9.17, 15) is 0 Å². The van der Waals surface area contributed by atoms with Gasteiger partial charge < -0.3 is 9.80 Å². The van der Waals surface area contributed by atoms with Crippen LogP contribution in [-0.4, -0.2) is 13.4 Å².